The molecule has 2 aromatic carbocycles. The largest absolute Gasteiger partial charge is 0.436 e. The van der Waals surface area contributed by atoms with E-state index in [9.17, 15) is 9.90 Å². The molecule has 156 valence electrons. The van der Waals surface area contributed by atoms with Gasteiger partial charge in [-0.3, -0.25) is 9.78 Å². The second-order valence-electron chi connectivity index (χ2n) is 7.09. The second-order valence-corrected chi connectivity index (χ2v) is 8.34. The smallest absolute Gasteiger partial charge is 0.261 e. The van der Waals surface area contributed by atoms with Crippen LogP contribution in [-0.2, 0) is 6.61 Å². The summed E-state index contributed by atoms with van der Waals surface area (Å²) in [6, 6.07) is 16.8. The number of aliphatic hydroxyl groups is 1. The lowest BCUT2D eigenvalue weighted by molar-refractivity contribution is 0.102. The van der Waals surface area contributed by atoms with Crippen molar-refractivity contribution in [2.45, 2.75) is 20.5 Å². The first-order valence-corrected chi connectivity index (χ1v) is 10.7. The Bertz CT molecular complexity index is 1340. The summed E-state index contributed by atoms with van der Waals surface area (Å²) in [5.41, 5.74) is 4.49. The molecule has 4 aromatic rings. The Morgan fingerprint density at radius 2 is 1.90 bits per heavy atom. The predicted molar refractivity (Wildman–Crippen MR) is 128 cm³/mol. The summed E-state index contributed by atoms with van der Waals surface area (Å²) in [6.07, 6.45) is 1.59. The van der Waals surface area contributed by atoms with Crippen molar-refractivity contribution in [2.24, 2.45) is 4.99 Å². The van der Waals surface area contributed by atoms with Gasteiger partial charge < -0.3 is 14.8 Å². The number of pyridine rings is 1. The van der Waals surface area contributed by atoms with Gasteiger partial charge in [0.15, 0.2) is 5.58 Å². The van der Waals surface area contributed by atoms with Crippen molar-refractivity contribution in [3.05, 3.63) is 92.3 Å². The van der Waals surface area contributed by atoms with Crippen molar-refractivity contribution in [1.29, 1.82) is 0 Å². The minimum absolute atomic E-state index is 0.180. The van der Waals surface area contributed by atoms with Crippen LogP contribution in [0.3, 0.4) is 0 Å². The Morgan fingerprint density at radius 3 is 2.61 bits per heavy atom. The second kappa shape index (κ2) is 8.99. The number of aryl methyl sites for hydroxylation is 2. The molecule has 0 aliphatic heterocycles. The molecule has 2 N–H and O–H groups in total. The molecule has 2 heterocycles. The van der Waals surface area contributed by atoms with Crippen molar-refractivity contribution in [3.63, 3.8) is 0 Å². The zero-order valence-electron chi connectivity index (χ0n) is 17.0. The highest BCUT2D eigenvalue weighted by molar-refractivity contribution is 14.1. The molecule has 0 aliphatic rings. The molecule has 2 aromatic heterocycles. The maximum absolute atomic E-state index is 13.2. The molecule has 4 rings (SSSR count). The molecule has 0 atom stereocenters. The number of nitrogens with zero attached hydrogens (tertiary/aromatic N) is 2. The molecule has 1 amide bonds. The van der Waals surface area contributed by atoms with E-state index in [4.69, 9.17) is 4.42 Å². The van der Waals surface area contributed by atoms with Crippen molar-refractivity contribution in [1.82, 2.24) is 4.98 Å². The van der Waals surface area contributed by atoms with Gasteiger partial charge in [-0.05, 0) is 78.4 Å². The Hall–Kier alpha value is -3.04. The lowest BCUT2D eigenvalue weighted by Crippen LogP contribution is -2.22. The van der Waals surface area contributed by atoms with E-state index in [1.807, 2.05) is 62.4 Å². The van der Waals surface area contributed by atoms with Crippen LogP contribution in [0.4, 0.5) is 11.4 Å². The van der Waals surface area contributed by atoms with E-state index in [1.165, 1.54) is 0 Å². The first-order valence-electron chi connectivity index (χ1n) is 9.66. The van der Waals surface area contributed by atoms with Crippen molar-refractivity contribution >= 4 is 50.8 Å². The average Bonchev–Trinajstić information content (AvgIpc) is 2.77. The van der Waals surface area contributed by atoms with E-state index < -0.39 is 0 Å². The number of carbonyl (C=O) groups is 1. The van der Waals surface area contributed by atoms with E-state index in [0.717, 1.165) is 9.13 Å². The molecule has 0 aliphatic carbocycles. The molecular weight excluding hydrogens is 505 g/mol. The van der Waals surface area contributed by atoms with Crippen LogP contribution in [-0.4, -0.2) is 16.0 Å². The fourth-order valence-electron chi connectivity index (χ4n) is 3.20. The zero-order valence-corrected chi connectivity index (χ0v) is 19.2. The number of rotatable bonds is 4. The summed E-state index contributed by atoms with van der Waals surface area (Å²) in [4.78, 5) is 22.1. The van der Waals surface area contributed by atoms with Crippen LogP contribution in [0.5, 0.6) is 0 Å². The van der Waals surface area contributed by atoms with Crippen LogP contribution in [0.15, 0.2) is 70.2 Å². The molecule has 0 bridgehead atoms. The summed E-state index contributed by atoms with van der Waals surface area (Å²) in [5, 5.41) is 13.3. The van der Waals surface area contributed by atoms with E-state index in [0.29, 0.717) is 33.6 Å². The summed E-state index contributed by atoms with van der Waals surface area (Å²) in [5.74, 6) is -0.345. The average molecular weight is 525 g/mol. The highest BCUT2D eigenvalue weighted by atomic mass is 127. The summed E-state index contributed by atoms with van der Waals surface area (Å²) < 4.78 is 7.17. The van der Waals surface area contributed by atoms with Gasteiger partial charge in [0.25, 0.3) is 5.91 Å². The third-order valence-corrected chi connectivity index (χ3v) is 5.64. The molecule has 7 heteroatoms. The van der Waals surface area contributed by atoms with Crippen molar-refractivity contribution < 1.29 is 14.3 Å². The molecule has 0 unspecified atom stereocenters. The standard InChI is InChI=1S/C24H20IN3O3/c1-14-5-3-4-6-21(14)28-23(30)20-11-19-16(13-29)12-26-15(2)22(19)31-24(20)27-18-9-7-17(25)8-10-18/h3-12,29H,13H2,1-2H3,(H,28,30). The van der Waals surface area contributed by atoms with Gasteiger partial charge in [0, 0.05) is 26.4 Å². The zero-order chi connectivity index (χ0) is 22.0. The molecule has 0 spiro atoms. The summed E-state index contributed by atoms with van der Waals surface area (Å²) >= 11 is 2.22. The van der Waals surface area contributed by atoms with Gasteiger partial charge in [0.05, 0.1) is 18.0 Å². The maximum atomic E-state index is 13.2. The normalized spacial score (nSPS) is 11.7. The van der Waals surface area contributed by atoms with Crippen molar-refractivity contribution in [2.75, 3.05) is 5.32 Å². The molecule has 31 heavy (non-hydrogen) atoms. The topological polar surface area (TPSA) is 87.7 Å². The first kappa shape index (κ1) is 21.2. The highest BCUT2D eigenvalue weighted by Crippen LogP contribution is 2.22. The Morgan fingerprint density at radius 1 is 1.16 bits per heavy atom. The fraction of sp³-hybridized carbons (Fsp3) is 0.125. The monoisotopic (exact) mass is 525 g/mol. The van der Waals surface area contributed by atoms with Crippen LogP contribution in [0.2, 0.25) is 0 Å². The van der Waals surface area contributed by atoms with E-state index in [2.05, 4.69) is 37.9 Å². The minimum atomic E-state index is -0.345. The van der Waals surface area contributed by atoms with E-state index in [-0.39, 0.29) is 23.6 Å². The lowest BCUT2D eigenvalue weighted by atomic mass is 10.1. The van der Waals surface area contributed by atoms with Crippen molar-refractivity contribution in [3.8, 4) is 0 Å². The van der Waals surface area contributed by atoms with Crippen LogP contribution in [0, 0.1) is 17.4 Å². The number of carbonyl (C=O) groups excluding carboxylic acids is 1. The van der Waals surface area contributed by atoms with Crippen LogP contribution in [0.1, 0.15) is 27.2 Å². The molecule has 0 saturated heterocycles. The summed E-state index contributed by atoms with van der Waals surface area (Å²) in [6.45, 7) is 3.52. The number of hydrogen-bond acceptors (Lipinski definition) is 5. The molecule has 0 radical (unpaired) electrons. The molecule has 0 fully saturated rings. The van der Waals surface area contributed by atoms with Gasteiger partial charge in [0.1, 0.15) is 5.56 Å². The number of halogens is 1. The lowest BCUT2D eigenvalue weighted by Gasteiger charge is -2.11. The Labute approximate surface area is 192 Å². The van der Waals surface area contributed by atoms with Gasteiger partial charge >= 0.3 is 0 Å². The number of aromatic nitrogens is 1. The molecular formula is C24H20IN3O3. The number of anilines is 1. The van der Waals surface area contributed by atoms with Gasteiger partial charge in [-0.1, -0.05) is 18.2 Å². The first-order chi connectivity index (χ1) is 15.0. The van der Waals surface area contributed by atoms with E-state index in [1.54, 1.807) is 12.3 Å². The third kappa shape index (κ3) is 4.52. The Kier molecular flexibility index (Phi) is 6.15. The van der Waals surface area contributed by atoms with Crippen LogP contribution >= 0.6 is 22.6 Å². The number of amides is 1. The number of para-hydroxylation sites is 1. The van der Waals surface area contributed by atoms with Gasteiger partial charge in [-0.25, -0.2) is 4.99 Å². The quantitative estimate of drug-likeness (QED) is 0.366. The highest BCUT2D eigenvalue weighted by Gasteiger charge is 2.17. The van der Waals surface area contributed by atoms with Gasteiger partial charge in [0.2, 0.25) is 5.55 Å². The number of nitrogens with one attached hydrogen (secondary N) is 1. The predicted octanol–water partition coefficient (Wildman–Crippen LogP) is 5.03. The maximum Gasteiger partial charge on any atom is 0.261 e. The number of hydrogen-bond donors (Lipinski definition) is 2. The van der Waals surface area contributed by atoms with Gasteiger partial charge in [-0.2, -0.15) is 0 Å². The fourth-order valence-corrected chi connectivity index (χ4v) is 3.56. The molecule has 6 nitrogen and oxygen atoms in total. The number of aliphatic hydroxyl groups excluding tert-OH is 1. The minimum Gasteiger partial charge on any atom is -0.436 e. The van der Waals surface area contributed by atoms with E-state index >= 15 is 0 Å². The SMILES string of the molecule is Cc1ccccc1NC(=O)c1cc2c(CO)cnc(C)c2oc1=Nc1ccc(I)cc1. The molecule has 0 saturated carbocycles. The summed E-state index contributed by atoms with van der Waals surface area (Å²) in [7, 11) is 0. The van der Waals surface area contributed by atoms with Gasteiger partial charge in [-0.15, -0.1) is 0 Å². The Balaban J connectivity index is 1.93. The number of fused-ring (bicyclic) bond motifs is 1. The van der Waals surface area contributed by atoms with Crippen LogP contribution < -0.4 is 10.9 Å². The third-order valence-electron chi connectivity index (χ3n) is 4.92. The van der Waals surface area contributed by atoms with Crippen LogP contribution in [0.25, 0.3) is 11.0 Å². The number of benzene rings is 2.